The average Bonchev–Trinajstić information content (AvgIpc) is 2.61. The third-order valence-electron chi connectivity index (χ3n) is 3.07. The van der Waals surface area contributed by atoms with Crippen LogP contribution in [0.2, 0.25) is 0 Å². The van der Waals surface area contributed by atoms with E-state index in [0.29, 0.717) is 11.4 Å². The molecular formula is C12H17N7O. The monoisotopic (exact) mass is 275 g/mol. The van der Waals surface area contributed by atoms with Crippen molar-refractivity contribution in [1.82, 2.24) is 25.0 Å². The first-order valence-corrected chi connectivity index (χ1v) is 6.15. The molecular weight excluding hydrogens is 258 g/mol. The fraction of sp³-hybridized carbons (Fsp3) is 0.417. The number of amides is 1. The van der Waals surface area contributed by atoms with Crippen LogP contribution in [-0.4, -0.2) is 30.9 Å². The topological polar surface area (TPSA) is 112 Å². The van der Waals surface area contributed by atoms with Crippen LogP contribution in [0.1, 0.15) is 22.8 Å². The van der Waals surface area contributed by atoms with Crippen molar-refractivity contribution in [3.63, 3.8) is 0 Å². The number of aryl methyl sites for hydroxylation is 3. The number of nitrogens with two attached hydrogens (primary N) is 1. The largest absolute Gasteiger partial charge is 0.396 e. The van der Waals surface area contributed by atoms with E-state index in [2.05, 4.69) is 25.6 Å². The summed E-state index contributed by atoms with van der Waals surface area (Å²) in [7, 11) is 0. The van der Waals surface area contributed by atoms with Gasteiger partial charge in [0.1, 0.15) is 6.54 Å². The Balaban J connectivity index is 2.09. The molecule has 2 heterocycles. The van der Waals surface area contributed by atoms with Crippen molar-refractivity contribution in [3.05, 3.63) is 22.8 Å². The summed E-state index contributed by atoms with van der Waals surface area (Å²) in [6, 6.07) is 0. The van der Waals surface area contributed by atoms with Crippen LogP contribution in [0.5, 0.6) is 0 Å². The van der Waals surface area contributed by atoms with E-state index in [1.165, 1.54) is 0 Å². The Morgan fingerprint density at radius 3 is 2.40 bits per heavy atom. The lowest BCUT2D eigenvalue weighted by Crippen LogP contribution is -2.22. The van der Waals surface area contributed by atoms with Crippen molar-refractivity contribution >= 4 is 17.5 Å². The minimum Gasteiger partial charge on any atom is -0.396 e. The summed E-state index contributed by atoms with van der Waals surface area (Å²) in [4.78, 5) is 16.1. The Labute approximate surface area is 116 Å². The van der Waals surface area contributed by atoms with Gasteiger partial charge >= 0.3 is 0 Å². The first-order chi connectivity index (χ1) is 9.38. The molecule has 0 saturated carbocycles. The van der Waals surface area contributed by atoms with E-state index in [0.717, 1.165) is 17.1 Å². The van der Waals surface area contributed by atoms with E-state index < -0.39 is 0 Å². The number of carbonyl (C=O) groups excluding carboxylic acids is 1. The van der Waals surface area contributed by atoms with Gasteiger partial charge in [-0.2, -0.15) is 10.2 Å². The summed E-state index contributed by atoms with van der Waals surface area (Å²) in [6.07, 6.45) is 0. The Morgan fingerprint density at radius 1 is 1.15 bits per heavy atom. The van der Waals surface area contributed by atoms with Crippen LogP contribution in [0, 0.1) is 27.7 Å². The second-order valence-corrected chi connectivity index (χ2v) is 4.60. The highest BCUT2D eigenvalue weighted by Gasteiger charge is 2.12. The Hall–Kier alpha value is -2.51. The lowest BCUT2D eigenvalue weighted by Gasteiger charge is -2.06. The van der Waals surface area contributed by atoms with Crippen LogP contribution in [0.3, 0.4) is 0 Å². The highest BCUT2D eigenvalue weighted by atomic mass is 16.2. The second kappa shape index (κ2) is 5.24. The van der Waals surface area contributed by atoms with Crippen molar-refractivity contribution in [2.45, 2.75) is 34.2 Å². The molecule has 20 heavy (non-hydrogen) atoms. The van der Waals surface area contributed by atoms with Gasteiger partial charge in [-0.1, -0.05) is 0 Å². The first-order valence-electron chi connectivity index (χ1n) is 6.15. The summed E-state index contributed by atoms with van der Waals surface area (Å²) in [5, 5.41) is 14.5. The molecule has 0 aromatic carbocycles. The van der Waals surface area contributed by atoms with Gasteiger partial charge in [0.05, 0.1) is 28.5 Å². The first kappa shape index (κ1) is 13.9. The smallest absolute Gasteiger partial charge is 0.249 e. The Kier molecular flexibility index (Phi) is 3.64. The van der Waals surface area contributed by atoms with Crippen molar-refractivity contribution in [3.8, 4) is 0 Å². The number of carbonyl (C=O) groups is 1. The SMILES string of the molecule is Cc1nnc(NC(=O)Cn2nc(C)c(N)c2C)nc1C. The van der Waals surface area contributed by atoms with Gasteiger partial charge < -0.3 is 5.73 Å². The third-order valence-corrected chi connectivity index (χ3v) is 3.07. The predicted octanol–water partition coefficient (Wildman–Crippen LogP) is 0.523. The molecule has 0 bridgehead atoms. The van der Waals surface area contributed by atoms with Gasteiger partial charge in [-0.05, 0) is 27.7 Å². The summed E-state index contributed by atoms with van der Waals surface area (Å²) < 4.78 is 1.55. The molecule has 0 radical (unpaired) electrons. The van der Waals surface area contributed by atoms with Gasteiger partial charge in [-0.25, -0.2) is 4.98 Å². The fourth-order valence-electron chi connectivity index (χ4n) is 1.67. The van der Waals surface area contributed by atoms with Gasteiger partial charge in [-0.15, -0.1) is 5.10 Å². The quantitative estimate of drug-likeness (QED) is 0.844. The maximum absolute atomic E-state index is 11.9. The van der Waals surface area contributed by atoms with E-state index in [9.17, 15) is 4.79 Å². The normalized spacial score (nSPS) is 10.6. The molecule has 0 unspecified atom stereocenters. The number of nitrogens with one attached hydrogen (secondary N) is 1. The van der Waals surface area contributed by atoms with Crippen LogP contribution >= 0.6 is 0 Å². The third kappa shape index (κ3) is 2.73. The number of rotatable bonds is 3. The number of hydrogen-bond acceptors (Lipinski definition) is 6. The standard InChI is InChI=1S/C12H17N7O/c1-6-7(2)16-17-12(14-6)15-10(20)5-19-9(4)11(13)8(3)18-19/h5,13H2,1-4H3,(H,14,15,17,20). The average molecular weight is 275 g/mol. The molecule has 8 heteroatoms. The summed E-state index contributed by atoms with van der Waals surface area (Å²) in [6.45, 7) is 7.28. The van der Waals surface area contributed by atoms with Crippen LogP contribution in [0.4, 0.5) is 11.6 Å². The number of aromatic nitrogens is 5. The number of nitrogens with zero attached hydrogens (tertiary/aromatic N) is 5. The van der Waals surface area contributed by atoms with E-state index in [1.807, 2.05) is 6.92 Å². The van der Waals surface area contributed by atoms with Crippen LogP contribution < -0.4 is 11.1 Å². The van der Waals surface area contributed by atoms with Gasteiger partial charge in [0, 0.05) is 0 Å². The van der Waals surface area contributed by atoms with Crippen molar-refractivity contribution in [1.29, 1.82) is 0 Å². The van der Waals surface area contributed by atoms with Crippen LogP contribution in [-0.2, 0) is 11.3 Å². The zero-order chi connectivity index (χ0) is 14.9. The van der Waals surface area contributed by atoms with Crippen molar-refractivity contribution in [2.75, 3.05) is 11.1 Å². The van der Waals surface area contributed by atoms with Crippen LogP contribution in [0.25, 0.3) is 0 Å². The summed E-state index contributed by atoms with van der Waals surface area (Å²) in [5.41, 5.74) is 9.34. The molecule has 2 aromatic rings. The van der Waals surface area contributed by atoms with Crippen molar-refractivity contribution in [2.24, 2.45) is 0 Å². The highest BCUT2D eigenvalue weighted by Crippen LogP contribution is 2.14. The zero-order valence-electron chi connectivity index (χ0n) is 11.9. The minimum atomic E-state index is -0.277. The maximum Gasteiger partial charge on any atom is 0.249 e. The van der Waals surface area contributed by atoms with Crippen LogP contribution in [0.15, 0.2) is 0 Å². The molecule has 2 aromatic heterocycles. The molecule has 0 aliphatic carbocycles. The molecule has 3 N–H and O–H groups in total. The Morgan fingerprint density at radius 2 is 1.85 bits per heavy atom. The lowest BCUT2D eigenvalue weighted by molar-refractivity contribution is -0.117. The van der Waals surface area contributed by atoms with E-state index in [4.69, 9.17) is 5.73 Å². The second-order valence-electron chi connectivity index (χ2n) is 4.60. The van der Waals surface area contributed by atoms with E-state index >= 15 is 0 Å². The molecule has 2 rings (SSSR count). The number of anilines is 2. The molecule has 0 aliphatic heterocycles. The van der Waals surface area contributed by atoms with Gasteiger partial charge in [-0.3, -0.25) is 14.8 Å². The molecule has 0 atom stereocenters. The Bertz CT molecular complexity index is 662. The molecule has 0 aliphatic rings. The van der Waals surface area contributed by atoms with E-state index in [-0.39, 0.29) is 18.4 Å². The van der Waals surface area contributed by atoms with Gasteiger partial charge in [0.15, 0.2) is 0 Å². The lowest BCUT2D eigenvalue weighted by atomic mass is 10.3. The van der Waals surface area contributed by atoms with Crippen molar-refractivity contribution < 1.29 is 4.79 Å². The zero-order valence-corrected chi connectivity index (χ0v) is 11.9. The number of nitrogen functional groups attached to an aromatic ring is 1. The molecule has 106 valence electrons. The van der Waals surface area contributed by atoms with Gasteiger partial charge in [0.25, 0.3) is 0 Å². The molecule has 8 nitrogen and oxygen atoms in total. The summed E-state index contributed by atoms with van der Waals surface area (Å²) >= 11 is 0. The molecule has 1 amide bonds. The van der Waals surface area contributed by atoms with E-state index in [1.54, 1.807) is 25.5 Å². The fourth-order valence-corrected chi connectivity index (χ4v) is 1.67. The molecule has 0 spiro atoms. The minimum absolute atomic E-state index is 0.0557. The maximum atomic E-state index is 11.9. The molecule has 0 fully saturated rings. The molecule has 0 saturated heterocycles. The predicted molar refractivity (Wildman–Crippen MR) is 74.0 cm³/mol. The number of hydrogen-bond donors (Lipinski definition) is 2. The highest BCUT2D eigenvalue weighted by molar-refractivity contribution is 5.88. The summed E-state index contributed by atoms with van der Waals surface area (Å²) in [5.74, 6) is -0.0896. The van der Waals surface area contributed by atoms with Gasteiger partial charge in [0.2, 0.25) is 11.9 Å².